The molecule has 20 heavy (non-hydrogen) atoms. The molecule has 0 amide bonds. The molecular formula is C14H23FN2O2S. The van der Waals surface area contributed by atoms with Crippen molar-refractivity contribution in [2.24, 2.45) is 0 Å². The molecule has 1 aromatic rings. The SMILES string of the molecule is CCCNCc1cc(S(=O)(=O)NC(C)CC)ccc1F. The van der Waals surface area contributed by atoms with Crippen molar-refractivity contribution in [3.8, 4) is 0 Å². The van der Waals surface area contributed by atoms with Crippen LogP contribution < -0.4 is 10.0 Å². The Bertz CT molecular complexity index is 532. The molecule has 1 rings (SSSR count). The van der Waals surface area contributed by atoms with Gasteiger partial charge in [-0.3, -0.25) is 0 Å². The highest BCUT2D eigenvalue weighted by Crippen LogP contribution is 2.15. The average Bonchev–Trinajstić information content (AvgIpc) is 2.40. The summed E-state index contributed by atoms with van der Waals surface area (Å²) in [6.07, 6.45) is 1.64. The molecule has 0 heterocycles. The highest BCUT2D eigenvalue weighted by Gasteiger charge is 2.18. The molecule has 1 aromatic carbocycles. The molecule has 0 saturated carbocycles. The number of nitrogens with one attached hydrogen (secondary N) is 2. The van der Waals surface area contributed by atoms with Crippen LogP contribution in [0.5, 0.6) is 0 Å². The Morgan fingerprint density at radius 2 is 2.00 bits per heavy atom. The van der Waals surface area contributed by atoms with Crippen LogP contribution in [0.15, 0.2) is 23.1 Å². The predicted octanol–water partition coefficient (Wildman–Crippen LogP) is 2.40. The van der Waals surface area contributed by atoms with Gasteiger partial charge in [0.15, 0.2) is 0 Å². The summed E-state index contributed by atoms with van der Waals surface area (Å²) in [7, 11) is -3.59. The van der Waals surface area contributed by atoms with Gasteiger partial charge in [-0.2, -0.15) is 0 Å². The Morgan fingerprint density at radius 3 is 2.60 bits per heavy atom. The molecular weight excluding hydrogens is 279 g/mol. The fourth-order valence-corrected chi connectivity index (χ4v) is 3.05. The smallest absolute Gasteiger partial charge is 0.240 e. The second-order valence-electron chi connectivity index (χ2n) is 4.86. The van der Waals surface area contributed by atoms with E-state index in [1.54, 1.807) is 6.92 Å². The Balaban J connectivity index is 2.93. The third-order valence-corrected chi connectivity index (χ3v) is 4.63. The second-order valence-corrected chi connectivity index (χ2v) is 6.57. The molecule has 4 nitrogen and oxygen atoms in total. The molecule has 0 aliphatic carbocycles. The summed E-state index contributed by atoms with van der Waals surface area (Å²) in [6, 6.07) is 3.74. The number of hydrogen-bond donors (Lipinski definition) is 2. The highest BCUT2D eigenvalue weighted by atomic mass is 32.2. The average molecular weight is 302 g/mol. The van der Waals surface area contributed by atoms with E-state index in [1.807, 2.05) is 13.8 Å². The first-order valence-corrected chi connectivity index (χ1v) is 8.40. The van der Waals surface area contributed by atoms with Gasteiger partial charge in [-0.05, 0) is 44.5 Å². The number of benzene rings is 1. The first-order valence-electron chi connectivity index (χ1n) is 6.92. The molecule has 0 saturated heterocycles. The second kappa shape index (κ2) is 7.71. The van der Waals surface area contributed by atoms with Crippen molar-refractivity contribution in [1.82, 2.24) is 10.0 Å². The van der Waals surface area contributed by atoms with Gasteiger partial charge in [-0.15, -0.1) is 0 Å². The first kappa shape index (κ1) is 17.1. The van der Waals surface area contributed by atoms with Gasteiger partial charge < -0.3 is 5.32 Å². The molecule has 0 radical (unpaired) electrons. The molecule has 0 fully saturated rings. The van der Waals surface area contributed by atoms with Crippen molar-refractivity contribution in [3.63, 3.8) is 0 Å². The maximum atomic E-state index is 13.7. The Morgan fingerprint density at radius 1 is 1.30 bits per heavy atom. The van der Waals surface area contributed by atoms with Crippen LogP contribution in [-0.2, 0) is 16.6 Å². The first-order chi connectivity index (χ1) is 9.40. The fourth-order valence-electron chi connectivity index (χ4n) is 1.67. The molecule has 0 bridgehead atoms. The predicted molar refractivity (Wildman–Crippen MR) is 78.5 cm³/mol. The summed E-state index contributed by atoms with van der Waals surface area (Å²) in [5.74, 6) is -0.393. The van der Waals surface area contributed by atoms with Crippen molar-refractivity contribution in [2.75, 3.05) is 6.54 Å². The monoisotopic (exact) mass is 302 g/mol. The van der Waals surface area contributed by atoms with E-state index in [9.17, 15) is 12.8 Å². The number of hydrogen-bond acceptors (Lipinski definition) is 3. The van der Waals surface area contributed by atoms with Crippen LogP contribution in [0, 0.1) is 5.82 Å². The fraction of sp³-hybridized carbons (Fsp3) is 0.571. The molecule has 114 valence electrons. The number of sulfonamides is 1. The van der Waals surface area contributed by atoms with Crippen LogP contribution in [0.3, 0.4) is 0 Å². The lowest BCUT2D eigenvalue weighted by Crippen LogP contribution is -2.32. The third kappa shape index (κ3) is 4.85. The van der Waals surface area contributed by atoms with E-state index in [1.165, 1.54) is 18.2 Å². The van der Waals surface area contributed by atoms with Crippen LogP contribution in [0.4, 0.5) is 4.39 Å². The van der Waals surface area contributed by atoms with Crippen LogP contribution in [-0.4, -0.2) is 21.0 Å². The van der Waals surface area contributed by atoms with Crippen LogP contribution >= 0.6 is 0 Å². The molecule has 6 heteroatoms. The molecule has 2 N–H and O–H groups in total. The molecule has 0 aromatic heterocycles. The highest BCUT2D eigenvalue weighted by molar-refractivity contribution is 7.89. The van der Waals surface area contributed by atoms with Crippen LogP contribution in [0.2, 0.25) is 0 Å². The van der Waals surface area contributed by atoms with E-state index in [-0.39, 0.29) is 10.9 Å². The topological polar surface area (TPSA) is 58.2 Å². The van der Waals surface area contributed by atoms with E-state index < -0.39 is 15.8 Å². The van der Waals surface area contributed by atoms with Crippen LogP contribution in [0.25, 0.3) is 0 Å². The maximum absolute atomic E-state index is 13.7. The molecule has 1 unspecified atom stereocenters. The molecule has 0 aliphatic heterocycles. The van der Waals surface area contributed by atoms with Crippen molar-refractivity contribution in [1.29, 1.82) is 0 Å². The Kier molecular flexibility index (Phi) is 6.58. The summed E-state index contributed by atoms with van der Waals surface area (Å²) in [5.41, 5.74) is 0.366. The molecule has 0 spiro atoms. The zero-order valence-corrected chi connectivity index (χ0v) is 13.1. The standard InChI is InChI=1S/C14H23FN2O2S/c1-4-8-16-10-12-9-13(6-7-14(12)15)20(18,19)17-11(3)5-2/h6-7,9,11,16-17H,4-5,8,10H2,1-3H3. The van der Waals surface area contributed by atoms with E-state index >= 15 is 0 Å². The van der Waals surface area contributed by atoms with Gasteiger partial charge >= 0.3 is 0 Å². The Hall–Kier alpha value is -0.980. The van der Waals surface area contributed by atoms with E-state index in [2.05, 4.69) is 10.0 Å². The summed E-state index contributed by atoms with van der Waals surface area (Å²) in [6.45, 7) is 6.80. The van der Waals surface area contributed by atoms with Crippen molar-refractivity contribution >= 4 is 10.0 Å². The van der Waals surface area contributed by atoms with Crippen molar-refractivity contribution < 1.29 is 12.8 Å². The molecule has 0 aliphatic rings. The van der Waals surface area contributed by atoms with Gasteiger partial charge in [0.2, 0.25) is 10.0 Å². The van der Waals surface area contributed by atoms with E-state index in [0.717, 1.165) is 13.0 Å². The minimum Gasteiger partial charge on any atom is -0.313 e. The van der Waals surface area contributed by atoms with Gasteiger partial charge in [-0.25, -0.2) is 17.5 Å². The van der Waals surface area contributed by atoms with Crippen LogP contribution in [0.1, 0.15) is 39.2 Å². The quantitative estimate of drug-likeness (QED) is 0.725. The minimum atomic E-state index is -3.59. The van der Waals surface area contributed by atoms with Gasteiger partial charge in [0, 0.05) is 18.2 Å². The van der Waals surface area contributed by atoms with Gasteiger partial charge in [-0.1, -0.05) is 13.8 Å². The van der Waals surface area contributed by atoms with Gasteiger partial charge in [0.25, 0.3) is 0 Å². The zero-order chi connectivity index (χ0) is 15.2. The van der Waals surface area contributed by atoms with Gasteiger partial charge in [0.05, 0.1) is 4.90 Å². The van der Waals surface area contributed by atoms with E-state index in [4.69, 9.17) is 0 Å². The summed E-state index contributed by atoms with van der Waals surface area (Å²) < 4.78 is 40.5. The summed E-state index contributed by atoms with van der Waals surface area (Å²) in [4.78, 5) is 0.104. The third-order valence-electron chi connectivity index (χ3n) is 3.04. The largest absolute Gasteiger partial charge is 0.313 e. The lowest BCUT2D eigenvalue weighted by molar-refractivity contribution is 0.553. The normalized spacial score (nSPS) is 13.4. The Labute approximate surface area is 120 Å². The lowest BCUT2D eigenvalue weighted by atomic mass is 10.2. The number of halogens is 1. The van der Waals surface area contributed by atoms with Crippen molar-refractivity contribution in [3.05, 3.63) is 29.6 Å². The lowest BCUT2D eigenvalue weighted by Gasteiger charge is -2.13. The maximum Gasteiger partial charge on any atom is 0.240 e. The molecule has 1 atom stereocenters. The summed E-state index contributed by atoms with van der Waals surface area (Å²) in [5, 5.41) is 3.07. The van der Waals surface area contributed by atoms with E-state index in [0.29, 0.717) is 18.5 Å². The number of rotatable bonds is 8. The summed E-state index contributed by atoms with van der Waals surface area (Å²) >= 11 is 0. The van der Waals surface area contributed by atoms with Crippen molar-refractivity contribution in [2.45, 2.75) is 51.1 Å². The minimum absolute atomic E-state index is 0.104. The zero-order valence-electron chi connectivity index (χ0n) is 12.2. The van der Waals surface area contributed by atoms with Gasteiger partial charge in [0.1, 0.15) is 5.82 Å².